The molecular weight excluding hydrogens is 192 g/mol. The van der Waals surface area contributed by atoms with Gasteiger partial charge in [-0.15, -0.1) is 0 Å². The van der Waals surface area contributed by atoms with Gasteiger partial charge < -0.3 is 20.9 Å². The Bertz CT molecular complexity index is 274. The van der Waals surface area contributed by atoms with Gasteiger partial charge in [-0.3, -0.25) is 0 Å². The van der Waals surface area contributed by atoms with Crippen LogP contribution in [-0.2, 0) is 0 Å². The second kappa shape index (κ2) is 6.40. The third-order valence-corrected chi connectivity index (χ3v) is 2.26. The van der Waals surface area contributed by atoms with Gasteiger partial charge in [0.25, 0.3) is 0 Å². The van der Waals surface area contributed by atoms with E-state index < -0.39 is 0 Å². The van der Waals surface area contributed by atoms with Gasteiger partial charge >= 0.3 is 0 Å². The Morgan fingerprint density at radius 1 is 1.40 bits per heavy atom. The molecule has 1 atom stereocenters. The summed E-state index contributed by atoms with van der Waals surface area (Å²) in [5.41, 5.74) is 6.74. The van der Waals surface area contributed by atoms with Crippen LogP contribution in [0.4, 0.5) is 0 Å². The predicted molar refractivity (Wildman–Crippen MR) is 59.9 cm³/mol. The lowest BCUT2D eigenvalue weighted by Crippen LogP contribution is -2.30. The van der Waals surface area contributed by atoms with Gasteiger partial charge in [0, 0.05) is 19.1 Å². The van der Waals surface area contributed by atoms with Gasteiger partial charge in [-0.25, -0.2) is 0 Å². The van der Waals surface area contributed by atoms with E-state index in [-0.39, 0.29) is 12.6 Å². The monoisotopic (exact) mass is 210 g/mol. The SMILES string of the molecule is COc1ccc(C(CN)NCCO)cc1. The molecule has 0 bridgehead atoms. The van der Waals surface area contributed by atoms with Gasteiger partial charge in [0.1, 0.15) is 5.75 Å². The lowest BCUT2D eigenvalue weighted by Gasteiger charge is -2.16. The highest BCUT2D eigenvalue weighted by atomic mass is 16.5. The molecule has 0 aromatic heterocycles. The summed E-state index contributed by atoms with van der Waals surface area (Å²) in [6, 6.07) is 7.83. The van der Waals surface area contributed by atoms with Gasteiger partial charge in [0.2, 0.25) is 0 Å². The Balaban J connectivity index is 2.65. The maximum Gasteiger partial charge on any atom is 0.118 e. The number of nitrogens with two attached hydrogens (primary N) is 1. The van der Waals surface area contributed by atoms with E-state index >= 15 is 0 Å². The smallest absolute Gasteiger partial charge is 0.118 e. The summed E-state index contributed by atoms with van der Waals surface area (Å²) in [6.07, 6.45) is 0. The predicted octanol–water partition coefficient (Wildman–Crippen LogP) is 0.277. The molecule has 0 aliphatic heterocycles. The van der Waals surface area contributed by atoms with Gasteiger partial charge in [0.05, 0.1) is 13.7 Å². The highest BCUT2D eigenvalue weighted by molar-refractivity contribution is 5.29. The normalized spacial score (nSPS) is 12.5. The van der Waals surface area contributed by atoms with E-state index in [9.17, 15) is 0 Å². The largest absolute Gasteiger partial charge is 0.497 e. The fraction of sp³-hybridized carbons (Fsp3) is 0.455. The Morgan fingerprint density at radius 3 is 2.53 bits per heavy atom. The lowest BCUT2D eigenvalue weighted by molar-refractivity contribution is 0.285. The standard InChI is InChI=1S/C11H18N2O2/c1-15-10-4-2-9(3-5-10)11(8-12)13-6-7-14/h2-5,11,13-14H,6-8,12H2,1H3. The van der Waals surface area contributed by atoms with Crippen molar-refractivity contribution in [3.05, 3.63) is 29.8 Å². The molecule has 1 unspecified atom stereocenters. The Hall–Kier alpha value is -1.10. The van der Waals surface area contributed by atoms with Crippen LogP contribution in [0.25, 0.3) is 0 Å². The molecule has 84 valence electrons. The van der Waals surface area contributed by atoms with Crippen LogP contribution in [-0.4, -0.2) is 31.9 Å². The van der Waals surface area contributed by atoms with Crippen LogP contribution < -0.4 is 15.8 Å². The maximum absolute atomic E-state index is 8.72. The van der Waals surface area contributed by atoms with E-state index in [0.29, 0.717) is 13.1 Å². The van der Waals surface area contributed by atoms with Crippen LogP contribution in [0.2, 0.25) is 0 Å². The van der Waals surface area contributed by atoms with E-state index in [0.717, 1.165) is 11.3 Å². The van der Waals surface area contributed by atoms with Crippen molar-refractivity contribution in [3.63, 3.8) is 0 Å². The topological polar surface area (TPSA) is 67.5 Å². The first-order valence-corrected chi connectivity index (χ1v) is 5.00. The van der Waals surface area contributed by atoms with Crippen LogP contribution in [0.1, 0.15) is 11.6 Å². The zero-order chi connectivity index (χ0) is 11.1. The van der Waals surface area contributed by atoms with Crippen molar-refractivity contribution in [2.24, 2.45) is 5.73 Å². The summed E-state index contributed by atoms with van der Waals surface area (Å²) in [4.78, 5) is 0. The average Bonchev–Trinajstić information content (AvgIpc) is 2.31. The van der Waals surface area contributed by atoms with Gasteiger partial charge in [-0.05, 0) is 17.7 Å². The zero-order valence-electron chi connectivity index (χ0n) is 8.94. The maximum atomic E-state index is 8.72. The summed E-state index contributed by atoms with van der Waals surface area (Å²) in [6.45, 7) is 1.17. The molecular formula is C11H18N2O2. The van der Waals surface area contributed by atoms with Crippen LogP contribution in [0.3, 0.4) is 0 Å². The fourth-order valence-corrected chi connectivity index (χ4v) is 1.41. The summed E-state index contributed by atoms with van der Waals surface area (Å²) < 4.78 is 5.07. The third-order valence-electron chi connectivity index (χ3n) is 2.26. The molecule has 0 saturated heterocycles. The third kappa shape index (κ3) is 3.51. The fourth-order valence-electron chi connectivity index (χ4n) is 1.41. The highest BCUT2D eigenvalue weighted by Gasteiger charge is 2.07. The van der Waals surface area contributed by atoms with Crippen LogP contribution >= 0.6 is 0 Å². The molecule has 1 rings (SSSR count). The van der Waals surface area contributed by atoms with Crippen molar-refractivity contribution in [2.75, 3.05) is 26.8 Å². The van der Waals surface area contributed by atoms with E-state index in [2.05, 4.69) is 5.32 Å². The summed E-state index contributed by atoms with van der Waals surface area (Å²) >= 11 is 0. The first kappa shape index (κ1) is 12.0. The average molecular weight is 210 g/mol. The second-order valence-corrected chi connectivity index (χ2v) is 3.24. The number of hydrogen-bond donors (Lipinski definition) is 3. The summed E-state index contributed by atoms with van der Waals surface area (Å²) in [7, 11) is 1.64. The molecule has 0 saturated carbocycles. The minimum atomic E-state index is 0.0862. The lowest BCUT2D eigenvalue weighted by atomic mass is 10.1. The van der Waals surface area contributed by atoms with Crippen LogP contribution in [0.15, 0.2) is 24.3 Å². The molecule has 0 amide bonds. The molecule has 4 heteroatoms. The van der Waals surface area contributed by atoms with Gasteiger partial charge in [-0.1, -0.05) is 12.1 Å². The van der Waals surface area contributed by atoms with Gasteiger partial charge in [-0.2, -0.15) is 0 Å². The molecule has 4 nitrogen and oxygen atoms in total. The second-order valence-electron chi connectivity index (χ2n) is 3.24. The van der Waals surface area contributed by atoms with E-state index in [1.807, 2.05) is 24.3 Å². The molecule has 15 heavy (non-hydrogen) atoms. The summed E-state index contributed by atoms with van der Waals surface area (Å²) in [5.74, 6) is 0.830. The quantitative estimate of drug-likeness (QED) is 0.631. The summed E-state index contributed by atoms with van der Waals surface area (Å²) in [5, 5.41) is 11.9. The Labute approximate surface area is 90.1 Å². The number of ether oxygens (including phenoxy) is 1. The molecule has 4 N–H and O–H groups in total. The molecule has 0 fully saturated rings. The van der Waals surface area contributed by atoms with Crippen molar-refractivity contribution in [1.29, 1.82) is 0 Å². The number of aliphatic hydroxyl groups excluding tert-OH is 1. The van der Waals surface area contributed by atoms with E-state index in [1.165, 1.54) is 0 Å². The van der Waals surface area contributed by atoms with Crippen molar-refractivity contribution in [3.8, 4) is 5.75 Å². The molecule has 1 aromatic rings. The molecule has 0 spiro atoms. The number of hydrogen-bond acceptors (Lipinski definition) is 4. The number of aliphatic hydroxyl groups is 1. The van der Waals surface area contributed by atoms with Crippen molar-refractivity contribution < 1.29 is 9.84 Å². The first-order valence-electron chi connectivity index (χ1n) is 5.00. The van der Waals surface area contributed by atoms with Crippen LogP contribution in [0, 0.1) is 0 Å². The highest BCUT2D eigenvalue weighted by Crippen LogP contribution is 2.16. The number of nitrogens with one attached hydrogen (secondary N) is 1. The zero-order valence-corrected chi connectivity index (χ0v) is 8.94. The molecule has 0 aliphatic carbocycles. The molecule has 0 aliphatic rings. The minimum Gasteiger partial charge on any atom is -0.497 e. The Kier molecular flexibility index (Phi) is 5.10. The van der Waals surface area contributed by atoms with Crippen molar-refractivity contribution in [2.45, 2.75) is 6.04 Å². The number of methoxy groups -OCH3 is 1. The minimum absolute atomic E-state index is 0.0862. The van der Waals surface area contributed by atoms with E-state index in [1.54, 1.807) is 7.11 Å². The molecule has 0 heterocycles. The number of rotatable bonds is 6. The van der Waals surface area contributed by atoms with E-state index in [4.69, 9.17) is 15.6 Å². The molecule has 1 aromatic carbocycles. The van der Waals surface area contributed by atoms with Crippen molar-refractivity contribution in [1.82, 2.24) is 5.32 Å². The molecule has 0 radical (unpaired) electrons. The first-order chi connectivity index (χ1) is 7.31. The van der Waals surface area contributed by atoms with Crippen LogP contribution in [0.5, 0.6) is 5.75 Å². The number of benzene rings is 1. The Morgan fingerprint density at radius 2 is 2.07 bits per heavy atom. The van der Waals surface area contributed by atoms with Crippen molar-refractivity contribution >= 4 is 0 Å². The van der Waals surface area contributed by atoms with Gasteiger partial charge in [0.15, 0.2) is 0 Å².